The standard InChI is InChI=1S/C27H21N3O3/c1-17-7-4-8-18(2)21(17)12-13-23-27(30-22-10-6-14-28-26(22)29-23)32-16-20-15-19-9-5-11-24(31-3)25(19)33-20/h4-11,14-15H,16H2,1-3H3. The molecule has 3 heterocycles. The molecule has 5 aromatic rings. The van der Waals surface area contributed by atoms with Crippen LogP contribution in [0, 0.1) is 25.7 Å². The van der Waals surface area contributed by atoms with Gasteiger partial charge in [0.05, 0.1) is 7.11 Å². The van der Waals surface area contributed by atoms with Crippen LogP contribution in [-0.4, -0.2) is 22.1 Å². The van der Waals surface area contributed by atoms with Crippen molar-refractivity contribution in [2.24, 2.45) is 0 Å². The van der Waals surface area contributed by atoms with Gasteiger partial charge in [-0.3, -0.25) is 0 Å². The Kier molecular flexibility index (Phi) is 5.37. The van der Waals surface area contributed by atoms with Crippen LogP contribution < -0.4 is 9.47 Å². The molecule has 162 valence electrons. The molecule has 6 heteroatoms. The van der Waals surface area contributed by atoms with Crippen LogP contribution in [0.1, 0.15) is 28.1 Å². The molecule has 2 aromatic carbocycles. The molecule has 0 atom stereocenters. The monoisotopic (exact) mass is 435 g/mol. The molecule has 0 bridgehead atoms. The molecule has 6 nitrogen and oxygen atoms in total. The Morgan fingerprint density at radius 3 is 2.58 bits per heavy atom. The van der Waals surface area contributed by atoms with E-state index in [0.717, 1.165) is 22.1 Å². The summed E-state index contributed by atoms with van der Waals surface area (Å²) in [7, 11) is 1.62. The van der Waals surface area contributed by atoms with Crippen molar-refractivity contribution >= 4 is 22.1 Å². The highest BCUT2D eigenvalue weighted by molar-refractivity contribution is 5.83. The second-order valence-electron chi connectivity index (χ2n) is 7.62. The van der Waals surface area contributed by atoms with Gasteiger partial charge in [0.25, 0.3) is 0 Å². The summed E-state index contributed by atoms with van der Waals surface area (Å²) < 4.78 is 17.4. The molecule has 0 unspecified atom stereocenters. The van der Waals surface area contributed by atoms with Gasteiger partial charge in [0, 0.05) is 17.1 Å². The fourth-order valence-corrected chi connectivity index (χ4v) is 3.65. The largest absolute Gasteiger partial charge is 0.493 e. The van der Waals surface area contributed by atoms with E-state index in [4.69, 9.17) is 13.9 Å². The highest BCUT2D eigenvalue weighted by Crippen LogP contribution is 2.29. The third-order valence-electron chi connectivity index (χ3n) is 5.33. The van der Waals surface area contributed by atoms with Gasteiger partial charge in [-0.25, -0.2) is 15.0 Å². The van der Waals surface area contributed by atoms with Gasteiger partial charge >= 0.3 is 0 Å². The van der Waals surface area contributed by atoms with Crippen molar-refractivity contribution in [3.63, 3.8) is 0 Å². The summed E-state index contributed by atoms with van der Waals surface area (Å²) in [5, 5.41) is 0.941. The van der Waals surface area contributed by atoms with Crippen LogP contribution >= 0.6 is 0 Å². The maximum atomic E-state index is 6.04. The van der Waals surface area contributed by atoms with Crippen LogP contribution in [0.5, 0.6) is 11.6 Å². The summed E-state index contributed by atoms with van der Waals surface area (Å²) in [4.78, 5) is 13.5. The average molecular weight is 435 g/mol. The van der Waals surface area contributed by atoms with Crippen LogP contribution in [0.4, 0.5) is 0 Å². The molecule has 0 aliphatic heterocycles. The van der Waals surface area contributed by atoms with Gasteiger partial charge in [0.15, 0.2) is 22.7 Å². The summed E-state index contributed by atoms with van der Waals surface area (Å²) in [6, 6.07) is 17.4. The van der Waals surface area contributed by atoms with Crippen LogP contribution in [-0.2, 0) is 6.61 Å². The Morgan fingerprint density at radius 2 is 1.76 bits per heavy atom. The number of hydrogen-bond acceptors (Lipinski definition) is 6. The van der Waals surface area contributed by atoms with Crippen molar-refractivity contribution in [2.45, 2.75) is 20.5 Å². The minimum absolute atomic E-state index is 0.177. The Bertz CT molecular complexity index is 1520. The summed E-state index contributed by atoms with van der Waals surface area (Å²) in [5.41, 5.74) is 5.44. The van der Waals surface area contributed by atoms with Crippen molar-refractivity contribution in [3.05, 3.63) is 88.9 Å². The number of methoxy groups -OCH3 is 1. The van der Waals surface area contributed by atoms with E-state index in [0.29, 0.717) is 39.8 Å². The Labute approximate surface area is 191 Å². The topological polar surface area (TPSA) is 70.3 Å². The minimum atomic E-state index is 0.177. The third-order valence-corrected chi connectivity index (χ3v) is 5.33. The molecular weight excluding hydrogens is 414 g/mol. The molecular formula is C27H21N3O3. The first-order valence-electron chi connectivity index (χ1n) is 10.5. The number of benzene rings is 2. The Balaban J connectivity index is 1.52. The highest BCUT2D eigenvalue weighted by Gasteiger charge is 2.13. The number of rotatable bonds is 4. The molecule has 0 saturated heterocycles. The van der Waals surface area contributed by atoms with Gasteiger partial charge in [-0.05, 0) is 55.2 Å². The lowest BCUT2D eigenvalue weighted by atomic mass is 10.0. The number of hydrogen-bond donors (Lipinski definition) is 0. The van der Waals surface area contributed by atoms with Crippen LogP contribution in [0.25, 0.3) is 22.1 Å². The predicted octanol–water partition coefficient (Wildman–Crippen LogP) is 5.38. The maximum absolute atomic E-state index is 6.04. The minimum Gasteiger partial charge on any atom is -0.493 e. The predicted molar refractivity (Wildman–Crippen MR) is 126 cm³/mol. The number of ether oxygens (including phenoxy) is 2. The van der Waals surface area contributed by atoms with E-state index >= 15 is 0 Å². The first kappa shape index (κ1) is 20.5. The molecule has 0 N–H and O–H groups in total. The zero-order valence-corrected chi connectivity index (χ0v) is 18.5. The molecule has 0 amide bonds. The molecule has 0 radical (unpaired) electrons. The van der Waals surface area contributed by atoms with E-state index in [1.54, 1.807) is 13.3 Å². The van der Waals surface area contributed by atoms with Crippen molar-refractivity contribution in [1.82, 2.24) is 15.0 Å². The molecule has 0 aliphatic rings. The smallest absolute Gasteiger partial charge is 0.250 e. The first-order chi connectivity index (χ1) is 16.1. The number of pyridine rings is 1. The summed E-state index contributed by atoms with van der Waals surface area (Å²) in [6.45, 7) is 4.26. The van der Waals surface area contributed by atoms with E-state index in [-0.39, 0.29) is 6.61 Å². The van der Waals surface area contributed by atoms with E-state index in [1.807, 2.05) is 68.4 Å². The van der Waals surface area contributed by atoms with Crippen LogP contribution in [0.15, 0.2) is 65.2 Å². The van der Waals surface area contributed by atoms with E-state index in [9.17, 15) is 0 Å². The van der Waals surface area contributed by atoms with E-state index in [2.05, 4.69) is 26.8 Å². The number of nitrogens with zero attached hydrogens (tertiary/aromatic N) is 3. The normalized spacial score (nSPS) is 10.8. The lowest BCUT2D eigenvalue weighted by Crippen LogP contribution is -2.02. The molecule has 0 spiro atoms. The number of aromatic nitrogens is 3. The quantitative estimate of drug-likeness (QED) is 0.353. The second kappa shape index (κ2) is 8.64. The number of aryl methyl sites for hydroxylation is 2. The average Bonchev–Trinajstić information content (AvgIpc) is 3.25. The van der Waals surface area contributed by atoms with Gasteiger partial charge in [0.1, 0.15) is 17.9 Å². The highest BCUT2D eigenvalue weighted by atomic mass is 16.5. The third kappa shape index (κ3) is 4.09. The van der Waals surface area contributed by atoms with Gasteiger partial charge in [0.2, 0.25) is 5.88 Å². The molecule has 0 aliphatic carbocycles. The van der Waals surface area contributed by atoms with Crippen molar-refractivity contribution < 1.29 is 13.9 Å². The number of furan rings is 1. The summed E-state index contributed by atoms with van der Waals surface area (Å²) in [6.07, 6.45) is 1.68. The number of para-hydroxylation sites is 1. The van der Waals surface area contributed by atoms with Crippen molar-refractivity contribution in [3.8, 4) is 23.5 Å². The van der Waals surface area contributed by atoms with E-state index in [1.165, 1.54) is 0 Å². The lowest BCUT2D eigenvalue weighted by Gasteiger charge is -2.07. The number of fused-ring (bicyclic) bond motifs is 2. The zero-order valence-electron chi connectivity index (χ0n) is 18.5. The SMILES string of the molecule is COc1cccc2cc(COc3nc4cccnc4nc3C#Cc3c(C)cccc3C)oc12. The van der Waals surface area contributed by atoms with Crippen LogP contribution in [0.2, 0.25) is 0 Å². The fraction of sp³-hybridized carbons (Fsp3) is 0.148. The molecule has 5 rings (SSSR count). The maximum Gasteiger partial charge on any atom is 0.250 e. The van der Waals surface area contributed by atoms with Crippen molar-refractivity contribution in [1.29, 1.82) is 0 Å². The van der Waals surface area contributed by atoms with Crippen LogP contribution in [0.3, 0.4) is 0 Å². The fourth-order valence-electron chi connectivity index (χ4n) is 3.65. The van der Waals surface area contributed by atoms with Gasteiger partial charge in [-0.1, -0.05) is 36.3 Å². The van der Waals surface area contributed by atoms with Gasteiger partial charge < -0.3 is 13.9 Å². The first-order valence-corrected chi connectivity index (χ1v) is 10.5. The molecule has 0 saturated carbocycles. The Morgan fingerprint density at radius 1 is 0.939 bits per heavy atom. The second-order valence-corrected chi connectivity index (χ2v) is 7.62. The zero-order chi connectivity index (χ0) is 22.8. The summed E-state index contributed by atoms with van der Waals surface area (Å²) in [5.74, 6) is 8.04. The van der Waals surface area contributed by atoms with Gasteiger partial charge in [-0.15, -0.1) is 0 Å². The van der Waals surface area contributed by atoms with E-state index < -0.39 is 0 Å². The Hall–Kier alpha value is -4.37. The van der Waals surface area contributed by atoms with Gasteiger partial charge in [-0.2, -0.15) is 0 Å². The molecule has 3 aromatic heterocycles. The summed E-state index contributed by atoms with van der Waals surface area (Å²) >= 11 is 0. The lowest BCUT2D eigenvalue weighted by molar-refractivity contribution is 0.262. The molecule has 33 heavy (non-hydrogen) atoms. The molecule has 0 fully saturated rings. The van der Waals surface area contributed by atoms with Crippen molar-refractivity contribution in [2.75, 3.05) is 7.11 Å².